The van der Waals surface area contributed by atoms with Crippen LogP contribution in [0.5, 0.6) is 0 Å². The van der Waals surface area contributed by atoms with Crippen LogP contribution in [0.4, 0.5) is 4.39 Å². The topological polar surface area (TPSA) is 0 Å². The van der Waals surface area contributed by atoms with E-state index >= 15 is 0 Å². The molecule has 0 bridgehead atoms. The van der Waals surface area contributed by atoms with Gasteiger partial charge in [0.1, 0.15) is 5.82 Å². The van der Waals surface area contributed by atoms with E-state index in [4.69, 9.17) is 11.6 Å². The summed E-state index contributed by atoms with van der Waals surface area (Å²) in [5, 5.41) is 0.421. The predicted molar refractivity (Wildman–Crippen MR) is 69.3 cm³/mol. The van der Waals surface area contributed by atoms with Crippen LogP contribution in [-0.2, 0) is 0 Å². The molecule has 16 heavy (non-hydrogen) atoms. The van der Waals surface area contributed by atoms with E-state index in [1.165, 1.54) is 6.07 Å². The van der Waals surface area contributed by atoms with Crippen LogP contribution in [0.25, 0.3) is 11.1 Å². The Morgan fingerprint density at radius 2 is 1.94 bits per heavy atom. The van der Waals surface area contributed by atoms with Crippen molar-refractivity contribution < 1.29 is 4.39 Å². The molecule has 0 fully saturated rings. The number of aryl methyl sites for hydroxylation is 1. The predicted octanol–water partition coefficient (Wildman–Crippen LogP) is 5.22. The quantitative estimate of drug-likeness (QED) is 0.677. The van der Waals surface area contributed by atoms with Crippen LogP contribution < -0.4 is 0 Å². The second-order valence-electron chi connectivity index (χ2n) is 3.58. The van der Waals surface area contributed by atoms with Gasteiger partial charge in [0.05, 0.1) is 5.02 Å². The Balaban J connectivity index is 2.68. The zero-order valence-electron chi connectivity index (χ0n) is 8.60. The number of hydrogen-bond acceptors (Lipinski definition) is 0. The first-order valence-corrected chi connectivity index (χ1v) is 5.97. The summed E-state index contributed by atoms with van der Waals surface area (Å²) in [7, 11) is 0. The summed E-state index contributed by atoms with van der Waals surface area (Å²) >= 11 is 9.44. The van der Waals surface area contributed by atoms with Crippen molar-refractivity contribution in [2.24, 2.45) is 0 Å². The Kier molecular flexibility index (Phi) is 3.31. The average molecular weight is 300 g/mol. The van der Waals surface area contributed by atoms with Gasteiger partial charge in [0, 0.05) is 15.6 Å². The molecule has 0 saturated carbocycles. The van der Waals surface area contributed by atoms with Gasteiger partial charge in [0.15, 0.2) is 0 Å². The normalized spacial score (nSPS) is 10.5. The molecule has 0 amide bonds. The van der Waals surface area contributed by atoms with Crippen molar-refractivity contribution in [2.75, 3.05) is 0 Å². The van der Waals surface area contributed by atoms with Gasteiger partial charge in [0.2, 0.25) is 0 Å². The van der Waals surface area contributed by atoms with Gasteiger partial charge in [-0.05, 0) is 30.7 Å². The maximum absolute atomic E-state index is 13.7. The molecule has 2 aromatic rings. The molecule has 0 aliphatic carbocycles. The SMILES string of the molecule is Cc1ccc(-c2c(F)cccc2Cl)c(Br)c1. The van der Waals surface area contributed by atoms with Gasteiger partial charge in [-0.2, -0.15) is 0 Å². The van der Waals surface area contributed by atoms with Crippen LogP contribution in [0.15, 0.2) is 40.9 Å². The smallest absolute Gasteiger partial charge is 0.132 e. The van der Waals surface area contributed by atoms with Crippen molar-refractivity contribution in [3.8, 4) is 11.1 Å². The molecule has 0 aliphatic rings. The minimum Gasteiger partial charge on any atom is -0.206 e. The standard InChI is InChI=1S/C13H9BrClF/c1-8-5-6-9(10(14)7-8)13-11(15)3-2-4-12(13)16/h2-7H,1H3. The molecule has 0 aliphatic heterocycles. The van der Waals surface area contributed by atoms with Crippen molar-refractivity contribution >= 4 is 27.5 Å². The third-order valence-corrected chi connectivity index (χ3v) is 3.33. The van der Waals surface area contributed by atoms with Crippen LogP contribution in [0.2, 0.25) is 5.02 Å². The summed E-state index contributed by atoms with van der Waals surface area (Å²) in [5.74, 6) is -0.308. The molecule has 0 radical (unpaired) electrons. The minimum atomic E-state index is -0.308. The number of rotatable bonds is 1. The molecular formula is C13H9BrClF. The molecule has 2 rings (SSSR count). The van der Waals surface area contributed by atoms with Gasteiger partial charge in [-0.3, -0.25) is 0 Å². The maximum Gasteiger partial charge on any atom is 0.132 e. The highest BCUT2D eigenvalue weighted by atomic mass is 79.9. The van der Waals surface area contributed by atoms with E-state index in [0.717, 1.165) is 15.6 Å². The second kappa shape index (κ2) is 4.56. The van der Waals surface area contributed by atoms with Crippen molar-refractivity contribution in [3.05, 3.63) is 57.3 Å². The Morgan fingerprint density at radius 3 is 2.56 bits per heavy atom. The molecular weight excluding hydrogens is 290 g/mol. The molecule has 0 unspecified atom stereocenters. The summed E-state index contributed by atoms with van der Waals surface area (Å²) in [4.78, 5) is 0. The van der Waals surface area contributed by atoms with E-state index in [1.54, 1.807) is 12.1 Å². The molecule has 0 aromatic heterocycles. The molecule has 0 nitrogen and oxygen atoms in total. The van der Waals surface area contributed by atoms with Gasteiger partial charge in [-0.1, -0.05) is 45.7 Å². The van der Waals surface area contributed by atoms with Crippen LogP contribution in [0.1, 0.15) is 5.56 Å². The van der Waals surface area contributed by atoms with E-state index in [2.05, 4.69) is 15.9 Å². The summed E-state index contributed by atoms with van der Waals surface area (Å²) < 4.78 is 14.6. The largest absolute Gasteiger partial charge is 0.206 e. The van der Waals surface area contributed by atoms with Crippen molar-refractivity contribution in [3.63, 3.8) is 0 Å². The van der Waals surface area contributed by atoms with E-state index in [0.29, 0.717) is 10.6 Å². The molecule has 82 valence electrons. The fourth-order valence-electron chi connectivity index (χ4n) is 1.58. The lowest BCUT2D eigenvalue weighted by Crippen LogP contribution is -1.87. The van der Waals surface area contributed by atoms with E-state index < -0.39 is 0 Å². The molecule has 0 heterocycles. The molecule has 0 spiro atoms. The van der Waals surface area contributed by atoms with E-state index in [-0.39, 0.29) is 5.82 Å². The van der Waals surface area contributed by atoms with Gasteiger partial charge < -0.3 is 0 Å². The zero-order chi connectivity index (χ0) is 11.7. The minimum absolute atomic E-state index is 0.308. The Labute approximate surface area is 107 Å². The maximum atomic E-state index is 13.7. The van der Waals surface area contributed by atoms with E-state index in [1.807, 2.05) is 25.1 Å². The number of halogens is 3. The number of hydrogen-bond donors (Lipinski definition) is 0. The summed E-state index contributed by atoms with van der Waals surface area (Å²) in [6.07, 6.45) is 0. The Bertz CT molecular complexity index is 517. The Morgan fingerprint density at radius 1 is 1.19 bits per heavy atom. The Hall–Kier alpha value is -0.860. The monoisotopic (exact) mass is 298 g/mol. The highest BCUT2D eigenvalue weighted by Gasteiger charge is 2.12. The van der Waals surface area contributed by atoms with Crippen molar-refractivity contribution in [1.29, 1.82) is 0 Å². The fourth-order valence-corrected chi connectivity index (χ4v) is 2.53. The third-order valence-electron chi connectivity index (χ3n) is 2.36. The average Bonchev–Trinajstić information content (AvgIpc) is 2.20. The van der Waals surface area contributed by atoms with Crippen LogP contribution in [0, 0.1) is 12.7 Å². The van der Waals surface area contributed by atoms with Crippen LogP contribution >= 0.6 is 27.5 Å². The lowest BCUT2D eigenvalue weighted by molar-refractivity contribution is 0.631. The van der Waals surface area contributed by atoms with Gasteiger partial charge in [-0.15, -0.1) is 0 Å². The van der Waals surface area contributed by atoms with Crippen LogP contribution in [-0.4, -0.2) is 0 Å². The molecule has 2 aromatic carbocycles. The fraction of sp³-hybridized carbons (Fsp3) is 0.0769. The first-order chi connectivity index (χ1) is 7.59. The molecule has 0 saturated heterocycles. The number of benzene rings is 2. The van der Waals surface area contributed by atoms with Gasteiger partial charge in [-0.25, -0.2) is 4.39 Å². The molecule has 3 heteroatoms. The summed E-state index contributed by atoms with van der Waals surface area (Å²) in [6.45, 7) is 1.98. The highest BCUT2D eigenvalue weighted by molar-refractivity contribution is 9.10. The summed E-state index contributed by atoms with van der Waals surface area (Å²) in [5.41, 5.74) is 2.33. The highest BCUT2D eigenvalue weighted by Crippen LogP contribution is 2.35. The third kappa shape index (κ3) is 2.13. The molecule has 0 N–H and O–H groups in total. The first kappa shape index (κ1) is 11.6. The molecule has 0 atom stereocenters. The van der Waals surface area contributed by atoms with Crippen LogP contribution in [0.3, 0.4) is 0 Å². The van der Waals surface area contributed by atoms with Crippen molar-refractivity contribution in [1.82, 2.24) is 0 Å². The zero-order valence-corrected chi connectivity index (χ0v) is 10.9. The lowest BCUT2D eigenvalue weighted by atomic mass is 10.0. The summed E-state index contributed by atoms with van der Waals surface area (Å²) in [6, 6.07) is 10.4. The van der Waals surface area contributed by atoms with Gasteiger partial charge in [0.25, 0.3) is 0 Å². The first-order valence-electron chi connectivity index (χ1n) is 4.80. The second-order valence-corrected chi connectivity index (χ2v) is 4.84. The van der Waals surface area contributed by atoms with E-state index in [9.17, 15) is 4.39 Å². The van der Waals surface area contributed by atoms with Gasteiger partial charge >= 0.3 is 0 Å². The lowest BCUT2D eigenvalue weighted by Gasteiger charge is -2.08. The van der Waals surface area contributed by atoms with Crippen molar-refractivity contribution in [2.45, 2.75) is 6.92 Å².